The number of carboxylic acids is 1. The fourth-order valence-corrected chi connectivity index (χ4v) is 2.83. The Morgan fingerprint density at radius 3 is 2.65 bits per heavy atom. The predicted octanol–water partition coefficient (Wildman–Crippen LogP) is 2.48. The normalized spacial score (nSPS) is 10.8. The number of carboxylic acid groups (broad SMARTS) is 1. The van der Waals surface area contributed by atoms with E-state index >= 15 is 0 Å². The number of aromatic nitrogens is 3. The monoisotopic (exact) mass is 352 g/mol. The van der Waals surface area contributed by atoms with Gasteiger partial charge in [-0.15, -0.1) is 5.10 Å². The number of nitrogens with zero attached hydrogens (tertiary/aromatic N) is 4. The SMILES string of the molecule is Cn1nnc2cc(C(=O)N(CCCC(=O)O)Cc3ccccc3)ccc21. The molecule has 1 N–H and O–H groups in total. The van der Waals surface area contributed by atoms with Gasteiger partial charge in [0.1, 0.15) is 5.52 Å². The average Bonchev–Trinajstić information content (AvgIpc) is 3.01. The Labute approximate surface area is 150 Å². The first-order valence-corrected chi connectivity index (χ1v) is 8.39. The number of amides is 1. The molecule has 0 saturated heterocycles. The molecule has 0 aliphatic carbocycles. The second kappa shape index (κ2) is 7.77. The van der Waals surface area contributed by atoms with Crippen LogP contribution in [0, 0.1) is 0 Å². The quantitative estimate of drug-likeness (QED) is 0.706. The molecule has 7 nitrogen and oxygen atoms in total. The van der Waals surface area contributed by atoms with Gasteiger partial charge in [-0.25, -0.2) is 4.68 Å². The van der Waals surface area contributed by atoms with Crippen molar-refractivity contribution in [2.45, 2.75) is 19.4 Å². The van der Waals surface area contributed by atoms with Crippen LogP contribution in [0.15, 0.2) is 48.5 Å². The zero-order valence-electron chi connectivity index (χ0n) is 14.5. The fourth-order valence-electron chi connectivity index (χ4n) is 2.83. The minimum Gasteiger partial charge on any atom is -0.481 e. The van der Waals surface area contributed by atoms with Crippen molar-refractivity contribution in [2.75, 3.05) is 6.54 Å². The third kappa shape index (κ3) is 4.05. The molecule has 2 aromatic carbocycles. The predicted molar refractivity (Wildman–Crippen MR) is 96.6 cm³/mol. The molecular weight excluding hydrogens is 332 g/mol. The highest BCUT2D eigenvalue weighted by Crippen LogP contribution is 2.16. The van der Waals surface area contributed by atoms with Gasteiger partial charge in [0.15, 0.2) is 0 Å². The maximum absolute atomic E-state index is 13.0. The van der Waals surface area contributed by atoms with E-state index in [1.807, 2.05) is 36.4 Å². The number of hydrogen-bond acceptors (Lipinski definition) is 4. The van der Waals surface area contributed by atoms with Gasteiger partial charge in [-0.1, -0.05) is 35.5 Å². The van der Waals surface area contributed by atoms with Gasteiger partial charge in [0.05, 0.1) is 5.52 Å². The summed E-state index contributed by atoms with van der Waals surface area (Å²) >= 11 is 0. The molecule has 1 amide bonds. The molecule has 0 bridgehead atoms. The molecule has 134 valence electrons. The van der Waals surface area contributed by atoms with E-state index in [2.05, 4.69) is 10.3 Å². The molecule has 0 atom stereocenters. The van der Waals surface area contributed by atoms with Gasteiger partial charge in [-0.2, -0.15) is 0 Å². The van der Waals surface area contributed by atoms with E-state index in [4.69, 9.17) is 5.11 Å². The van der Waals surface area contributed by atoms with Crippen LogP contribution < -0.4 is 0 Å². The molecule has 3 rings (SSSR count). The maximum atomic E-state index is 13.0. The largest absolute Gasteiger partial charge is 0.481 e. The third-order valence-electron chi connectivity index (χ3n) is 4.18. The van der Waals surface area contributed by atoms with Gasteiger partial charge in [-0.3, -0.25) is 9.59 Å². The van der Waals surface area contributed by atoms with Crippen molar-refractivity contribution < 1.29 is 14.7 Å². The summed E-state index contributed by atoms with van der Waals surface area (Å²) in [6, 6.07) is 14.9. The first-order valence-electron chi connectivity index (χ1n) is 8.39. The summed E-state index contributed by atoms with van der Waals surface area (Å²) in [6.07, 6.45) is 0.434. The standard InChI is InChI=1S/C19H20N4O3/c1-22-17-10-9-15(12-16(17)20-21-22)19(26)23(11-5-8-18(24)25)13-14-6-3-2-4-7-14/h2-4,6-7,9-10,12H,5,8,11,13H2,1H3,(H,24,25). The summed E-state index contributed by atoms with van der Waals surface area (Å²) in [7, 11) is 1.80. The molecule has 26 heavy (non-hydrogen) atoms. The molecule has 3 aromatic rings. The zero-order valence-corrected chi connectivity index (χ0v) is 14.5. The molecule has 0 spiro atoms. The van der Waals surface area contributed by atoms with Crippen molar-refractivity contribution in [3.63, 3.8) is 0 Å². The van der Waals surface area contributed by atoms with Gasteiger partial charge < -0.3 is 10.0 Å². The van der Waals surface area contributed by atoms with Crippen molar-refractivity contribution in [1.29, 1.82) is 0 Å². The van der Waals surface area contributed by atoms with Crippen molar-refractivity contribution in [1.82, 2.24) is 19.9 Å². The molecule has 0 fully saturated rings. The third-order valence-corrected chi connectivity index (χ3v) is 4.18. The van der Waals surface area contributed by atoms with Gasteiger partial charge in [0.2, 0.25) is 0 Å². The Hall–Kier alpha value is -3.22. The topological polar surface area (TPSA) is 88.3 Å². The molecule has 0 aliphatic heterocycles. The van der Waals surface area contributed by atoms with Crippen molar-refractivity contribution >= 4 is 22.9 Å². The van der Waals surface area contributed by atoms with E-state index in [0.29, 0.717) is 30.6 Å². The van der Waals surface area contributed by atoms with E-state index in [-0.39, 0.29) is 12.3 Å². The first-order chi connectivity index (χ1) is 12.5. The Balaban J connectivity index is 1.82. The highest BCUT2D eigenvalue weighted by Gasteiger charge is 2.18. The molecule has 0 radical (unpaired) electrons. The van der Waals surface area contributed by atoms with Crippen LogP contribution >= 0.6 is 0 Å². The van der Waals surface area contributed by atoms with Crippen LogP contribution in [-0.2, 0) is 18.4 Å². The number of benzene rings is 2. The first kappa shape index (κ1) is 17.6. The van der Waals surface area contributed by atoms with E-state index in [1.54, 1.807) is 28.8 Å². The average molecular weight is 352 g/mol. The lowest BCUT2D eigenvalue weighted by atomic mass is 10.1. The van der Waals surface area contributed by atoms with Crippen molar-refractivity contribution in [3.8, 4) is 0 Å². The molecule has 1 aromatic heterocycles. The van der Waals surface area contributed by atoms with Crippen LogP contribution in [0.3, 0.4) is 0 Å². The summed E-state index contributed by atoms with van der Waals surface area (Å²) in [4.78, 5) is 25.5. The number of fused-ring (bicyclic) bond motifs is 1. The van der Waals surface area contributed by atoms with Gasteiger partial charge in [0, 0.05) is 32.1 Å². The van der Waals surface area contributed by atoms with Gasteiger partial charge in [0.25, 0.3) is 5.91 Å². The lowest BCUT2D eigenvalue weighted by Crippen LogP contribution is -2.31. The Morgan fingerprint density at radius 1 is 1.15 bits per heavy atom. The van der Waals surface area contributed by atoms with Crippen molar-refractivity contribution in [3.05, 3.63) is 59.7 Å². The minimum atomic E-state index is -0.863. The summed E-state index contributed by atoms with van der Waals surface area (Å²) in [5, 5.41) is 16.9. The number of carbonyl (C=O) groups is 2. The zero-order chi connectivity index (χ0) is 18.5. The number of hydrogen-bond donors (Lipinski definition) is 1. The number of rotatable bonds is 7. The molecule has 0 aliphatic rings. The minimum absolute atomic E-state index is 0.0295. The fraction of sp³-hybridized carbons (Fsp3) is 0.263. The molecule has 7 heteroatoms. The van der Waals surface area contributed by atoms with Crippen LogP contribution in [0.5, 0.6) is 0 Å². The second-order valence-corrected chi connectivity index (χ2v) is 6.13. The van der Waals surface area contributed by atoms with Crippen LogP contribution in [0.1, 0.15) is 28.8 Å². The van der Waals surface area contributed by atoms with E-state index in [1.165, 1.54) is 0 Å². The lowest BCUT2D eigenvalue weighted by molar-refractivity contribution is -0.137. The Bertz CT molecular complexity index is 921. The molecule has 0 saturated carbocycles. The number of aliphatic carboxylic acids is 1. The summed E-state index contributed by atoms with van der Waals surface area (Å²) in [5.41, 5.74) is 3.02. The smallest absolute Gasteiger partial charge is 0.303 e. The van der Waals surface area contributed by atoms with E-state index in [9.17, 15) is 9.59 Å². The molecule has 0 unspecified atom stereocenters. The summed E-state index contributed by atoms with van der Waals surface area (Å²) < 4.78 is 1.65. The number of aryl methyl sites for hydroxylation is 1. The lowest BCUT2D eigenvalue weighted by Gasteiger charge is -2.23. The Kier molecular flexibility index (Phi) is 5.26. The van der Waals surface area contributed by atoms with Crippen LogP contribution in [0.25, 0.3) is 11.0 Å². The highest BCUT2D eigenvalue weighted by atomic mass is 16.4. The Morgan fingerprint density at radius 2 is 1.92 bits per heavy atom. The van der Waals surface area contributed by atoms with Gasteiger partial charge >= 0.3 is 5.97 Å². The highest BCUT2D eigenvalue weighted by molar-refractivity contribution is 5.97. The summed E-state index contributed by atoms with van der Waals surface area (Å²) in [6.45, 7) is 0.802. The van der Waals surface area contributed by atoms with Gasteiger partial charge in [-0.05, 0) is 30.2 Å². The summed E-state index contributed by atoms with van der Waals surface area (Å²) in [5.74, 6) is -1.01. The number of carbonyl (C=O) groups excluding carboxylic acids is 1. The molecular formula is C19H20N4O3. The van der Waals surface area contributed by atoms with Crippen LogP contribution in [0.4, 0.5) is 0 Å². The van der Waals surface area contributed by atoms with E-state index < -0.39 is 5.97 Å². The maximum Gasteiger partial charge on any atom is 0.303 e. The molecule has 1 heterocycles. The second-order valence-electron chi connectivity index (χ2n) is 6.13. The van der Waals surface area contributed by atoms with Crippen LogP contribution in [0.2, 0.25) is 0 Å². The van der Waals surface area contributed by atoms with Crippen LogP contribution in [-0.4, -0.2) is 43.4 Å². The van der Waals surface area contributed by atoms with E-state index in [0.717, 1.165) is 11.1 Å². The van der Waals surface area contributed by atoms with Crippen molar-refractivity contribution in [2.24, 2.45) is 7.05 Å².